The number of aliphatic hydroxyl groups excluding tert-OH is 2. The number of aliphatic hydroxyl groups is 2. The molecular formula is C54H99NO5. The molecule has 350 valence electrons. The smallest absolute Gasteiger partial charge is 0.306 e. The van der Waals surface area contributed by atoms with E-state index in [9.17, 15) is 19.8 Å². The summed E-state index contributed by atoms with van der Waals surface area (Å²) >= 11 is 0. The van der Waals surface area contributed by atoms with E-state index in [2.05, 4.69) is 74.7 Å². The first kappa shape index (κ1) is 57.8. The minimum atomic E-state index is -0.792. The molecule has 0 aromatic heterocycles. The maximum absolute atomic E-state index is 13.2. The van der Waals surface area contributed by atoms with Crippen molar-refractivity contribution in [3.05, 3.63) is 48.6 Å². The molecular weight excluding hydrogens is 743 g/mol. The average molecular weight is 842 g/mol. The van der Waals surface area contributed by atoms with Crippen LogP contribution in [0.25, 0.3) is 0 Å². The van der Waals surface area contributed by atoms with Crippen LogP contribution in [0.2, 0.25) is 0 Å². The first-order chi connectivity index (χ1) is 29.5. The molecule has 0 spiro atoms. The Kier molecular flexibility index (Phi) is 46.1. The molecule has 0 saturated heterocycles. The summed E-state index contributed by atoms with van der Waals surface area (Å²) in [7, 11) is 0. The van der Waals surface area contributed by atoms with E-state index in [1.165, 1.54) is 122 Å². The Morgan fingerprint density at radius 1 is 0.483 bits per heavy atom. The zero-order valence-electron chi connectivity index (χ0n) is 39.8. The second-order valence-corrected chi connectivity index (χ2v) is 17.6. The summed E-state index contributed by atoms with van der Waals surface area (Å²) < 4.78 is 5.91. The van der Waals surface area contributed by atoms with Gasteiger partial charge in [0.2, 0.25) is 5.91 Å². The number of esters is 1. The fourth-order valence-corrected chi connectivity index (χ4v) is 7.67. The molecule has 0 fully saturated rings. The highest BCUT2D eigenvalue weighted by molar-refractivity contribution is 5.77. The number of hydrogen-bond acceptors (Lipinski definition) is 5. The second-order valence-electron chi connectivity index (χ2n) is 17.6. The predicted octanol–water partition coefficient (Wildman–Crippen LogP) is 15.5. The maximum Gasteiger partial charge on any atom is 0.306 e. The number of carbonyl (C=O) groups is 2. The van der Waals surface area contributed by atoms with Crippen molar-refractivity contribution in [2.24, 2.45) is 0 Å². The third kappa shape index (κ3) is 42.5. The molecule has 3 atom stereocenters. The summed E-state index contributed by atoms with van der Waals surface area (Å²) in [6.07, 6.45) is 57.4. The number of amides is 1. The maximum atomic E-state index is 13.2. The Morgan fingerprint density at radius 3 is 1.35 bits per heavy atom. The molecule has 0 saturated carbocycles. The third-order valence-electron chi connectivity index (χ3n) is 11.6. The Morgan fingerprint density at radius 2 is 0.850 bits per heavy atom. The summed E-state index contributed by atoms with van der Waals surface area (Å²) in [5.74, 6) is -0.501. The largest absolute Gasteiger partial charge is 0.462 e. The molecule has 0 aromatic rings. The molecule has 0 heterocycles. The zero-order valence-corrected chi connectivity index (χ0v) is 39.8. The van der Waals surface area contributed by atoms with Crippen molar-refractivity contribution in [3.63, 3.8) is 0 Å². The zero-order chi connectivity index (χ0) is 43.8. The van der Waals surface area contributed by atoms with Crippen LogP contribution < -0.4 is 5.32 Å². The number of carbonyl (C=O) groups excluding carboxylic acids is 2. The fraction of sp³-hybridized carbons (Fsp3) is 0.815. The highest BCUT2D eigenvalue weighted by Crippen LogP contribution is 2.17. The van der Waals surface area contributed by atoms with Gasteiger partial charge in [-0.1, -0.05) is 204 Å². The average Bonchev–Trinajstić information content (AvgIpc) is 3.24. The van der Waals surface area contributed by atoms with E-state index in [1.54, 1.807) is 0 Å². The van der Waals surface area contributed by atoms with E-state index >= 15 is 0 Å². The van der Waals surface area contributed by atoms with Gasteiger partial charge in [0, 0.05) is 6.42 Å². The standard InChI is InChI=1S/C54H99NO5/c1-4-7-10-13-16-19-22-24-25-26-27-28-29-30-32-35-38-41-44-47-54(59)60-50(45-42-39-36-33-21-18-15-12-9-6-3)48-53(58)55-51(49-56)52(57)46-43-40-37-34-31-23-20-17-14-11-8-5-2/h16,18-19,21,24-25,27-28,50-52,56-57H,4-15,17,20,22-23,26,29-49H2,1-3H3,(H,55,58)/b19-16-,21-18-,25-24-,28-27-. The Hall–Kier alpha value is -2.18. The number of rotatable bonds is 46. The minimum absolute atomic E-state index is 0.0617. The first-order valence-corrected chi connectivity index (χ1v) is 25.9. The molecule has 6 nitrogen and oxygen atoms in total. The van der Waals surface area contributed by atoms with E-state index in [1.807, 2.05) is 0 Å². The van der Waals surface area contributed by atoms with E-state index in [0.29, 0.717) is 19.3 Å². The minimum Gasteiger partial charge on any atom is -0.462 e. The van der Waals surface area contributed by atoms with Gasteiger partial charge in [0.25, 0.3) is 0 Å². The summed E-state index contributed by atoms with van der Waals surface area (Å²) in [6, 6.07) is -0.707. The first-order valence-electron chi connectivity index (χ1n) is 25.9. The monoisotopic (exact) mass is 842 g/mol. The Labute approximate surface area is 372 Å². The van der Waals surface area contributed by atoms with E-state index in [-0.39, 0.29) is 24.9 Å². The topological polar surface area (TPSA) is 95.9 Å². The van der Waals surface area contributed by atoms with E-state index < -0.39 is 18.2 Å². The van der Waals surface area contributed by atoms with Crippen molar-refractivity contribution in [2.45, 2.75) is 277 Å². The number of unbranched alkanes of at least 4 members (excludes halogenated alkanes) is 26. The molecule has 6 heteroatoms. The van der Waals surface area contributed by atoms with Crippen LogP contribution in [-0.4, -0.2) is 46.9 Å². The van der Waals surface area contributed by atoms with Crippen LogP contribution in [-0.2, 0) is 14.3 Å². The van der Waals surface area contributed by atoms with Crippen molar-refractivity contribution >= 4 is 11.9 Å². The molecule has 1 amide bonds. The van der Waals surface area contributed by atoms with Gasteiger partial charge in [-0.15, -0.1) is 0 Å². The third-order valence-corrected chi connectivity index (χ3v) is 11.6. The SMILES string of the molecule is CCCCC/C=C\C/C=C\C/C=C\CCCCCCCCC(=O)OC(CCCCC/C=C\CCCCC)CC(=O)NC(CO)C(O)CCCCCCCCCCCCCC. The van der Waals surface area contributed by atoms with Crippen molar-refractivity contribution in [2.75, 3.05) is 6.61 Å². The van der Waals surface area contributed by atoms with Gasteiger partial charge in [0.15, 0.2) is 0 Å². The molecule has 0 rings (SSSR count). The lowest BCUT2D eigenvalue weighted by atomic mass is 10.0. The van der Waals surface area contributed by atoms with Crippen LogP contribution in [0.4, 0.5) is 0 Å². The van der Waals surface area contributed by atoms with Crippen molar-refractivity contribution in [3.8, 4) is 0 Å². The van der Waals surface area contributed by atoms with E-state index in [4.69, 9.17) is 4.74 Å². The van der Waals surface area contributed by atoms with Gasteiger partial charge in [0.1, 0.15) is 6.10 Å². The number of nitrogens with one attached hydrogen (secondary N) is 1. The molecule has 0 radical (unpaired) electrons. The number of hydrogen-bond donors (Lipinski definition) is 3. The highest BCUT2D eigenvalue weighted by atomic mass is 16.5. The van der Waals surface area contributed by atoms with Crippen LogP contribution in [0, 0.1) is 0 Å². The van der Waals surface area contributed by atoms with Gasteiger partial charge >= 0.3 is 5.97 Å². The van der Waals surface area contributed by atoms with E-state index in [0.717, 1.165) is 89.9 Å². The molecule has 0 aromatic carbocycles. The van der Waals surface area contributed by atoms with Crippen molar-refractivity contribution in [1.82, 2.24) is 5.32 Å². The van der Waals surface area contributed by atoms with Gasteiger partial charge in [-0.2, -0.15) is 0 Å². The molecule has 0 bridgehead atoms. The van der Waals surface area contributed by atoms with Crippen LogP contribution in [0.15, 0.2) is 48.6 Å². The van der Waals surface area contributed by atoms with Crippen LogP contribution >= 0.6 is 0 Å². The fourth-order valence-electron chi connectivity index (χ4n) is 7.67. The van der Waals surface area contributed by atoms with Crippen LogP contribution in [0.1, 0.15) is 258 Å². The Balaban J connectivity index is 4.51. The molecule has 60 heavy (non-hydrogen) atoms. The summed E-state index contributed by atoms with van der Waals surface area (Å²) in [6.45, 7) is 6.42. The van der Waals surface area contributed by atoms with Crippen molar-refractivity contribution in [1.29, 1.82) is 0 Å². The van der Waals surface area contributed by atoms with Gasteiger partial charge < -0.3 is 20.3 Å². The highest BCUT2D eigenvalue weighted by Gasteiger charge is 2.24. The van der Waals surface area contributed by atoms with Gasteiger partial charge in [0.05, 0.1) is 25.2 Å². The summed E-state index contributed by atoms with van der Waals surface area (Å²) in [5.41, 5.74) is 0. The molecule has 0 aliphatic carbocycles. The van der Waals surface area contributed by atoms with Crippen molar-refractivity contribution < 1.29 is 24.5 Å². The van der Waals surface area contributed by atoms with Crippen LogP contribution in [0.5, 0.6) is 0 Å². The van der Waals surface area contributed by atoms with Gasteiger partial charge in [-0.25, -0.2) is 0 Å². The second kappa shape index (κ2) is 47.9. The van der Waals surface area contributed by atoms with Gasteiger partial charge in [-0.3, -0.25) is 9.59 Å². The Bertz CT molecular complexity index is 1040. The number of allylic oxidation sites excluding steroid dienone is 8. The lowest BCUT2D eigenvalue weighted by Gasteiger charge is -2.24. The van der Waals surface area contributed by atoms with Crippen LogP contribution in [0.3, 0.4) is 0 Å². The summed E-state index contributed by atoms with van der Waals surface area (Å²) in [4.78, 5) is 26.1. The normalized spacial score (nSPS) is 13.6. The quantitative estimate of drug-likeness (QED) is 0.0322. The molecule has 3 unspecified atom stereocenters. The lowest BCUT2D eigenvalue weighted by molar-refractivity contribution is -0.151. The molecule has 0 aliphatic heterocycles. The molecule has 0 aliphatic rings. The molecule has 3 N–H and O–H groups in total. The number of ether oxygens (including phenoxy) is 1. The van der Waals surface area contributed by atoms with Gasteiger partial charge in [-0.05, 0) is 89.9 Å². The predicted molar refractivity (Wildman–Crippen MR) is 259 cm³/mol. The summed E-state index contributed by atoms with van der Waals surface area (Å²) in [5, 5.41) is 23.7. The lowest BCUT2D eigenvalue weighted by Crippen LogP contribution is -2.46.